The van der Waals surface area contributed by atoms with Crippen LogP contribution in [0.5, 0.6) is 0 Å². The van der Waals surface area contributed by atoms with E-state index in [1.807, 2.05) is 13.8 Å². The highest BCUT2D eigenvalue weighted by Crippen LogP contribution is 2.30. The third-order valence-electron chi connectivity index (χ3n) is 4.54. The van der Waals surface area contributed by atoms with Crippen LogP contribution in [0.25, 0.3) is 17.3 Å². The zero-order valence-electron chi connectivity index (χ0n) is 18.6. The predicted molar refractivity (Wildman–Crippen MR) is 123 cm³/mol. The first kappa shape index (κ1) is 26.4. The second kappa shape index (κ2) is 11.3. The maximum atomic E-state index is 13.5. The number of carboxylic acid groups (broad SMARTS) is 1. The molecular formula is C22H28FN3O6S. The number of carbonyl (C=O) groups is 1. The number of aliphatic hydroxyl groups is 2. The number of carboxylic acids is 1. The van der Waals surface area contributed by atoms with E-state index in [0.29, 0.717) is 22.5 Å². The van der Waals surface area contributed by atoms with Gasteiger partial charge >= 0.3 is 5.97 Å². The highest BCUT2D eigenvalue weighted by molar-refractivity contribution is 7.90. The van der Waals surface area contributed by atoms with Crippen LogP contribution in [0.2, 0.25) is 0 Å². The SMILES string of the molecule is CC(C)c1nc(NCS(C)(=O)=O)nc(-c2ccc(F)cc2)c1/C=C/[C@@H](O)C[C@@H](O)CC(=O)O. The van der Waals surface area contributed by atoms with Crippen molar-refractivity contribution in [1.82, 2.24) is 9.97 Å². The Hall–Kier alpha value is -2.89. The highest BCUT2D eigenvalue weighted by Gasteiger charge is 2.19. The van der Waals surface area contributed by atoms with Gasteiger partial charge < -0.3 is 20.6 Å². The molecule has 180 valence electrons. The summed E-state index contributed by atoms with van der Waals surface area (Å²) < 4.78 is 36.6. The minimum absolute atomic E-state index is 0.0815. The van der Waals surface area contributed by atoms with E-state index < -0.39 is 40.3 Å². The maximum Gasteiger partial charge on any atom is 0.305 e. The monoisotopic (exact) mass is 481 g/mol. The number of hydrogen-bond acceptors (Lipinski definition) is 8. The average Bonchev–Trinajstić information content (AvgIpc) is 2.69. The molecule has 11 heteroatoms. The second-order valence-electron chi connectivity index (χ2n) is 8.02. The van der Waals surface area contributed by atoms with Gasteiger partial charge in [-0.15, -0.1) is 0 Å². The summed E-state index contributed by atoms with van der Waals surface area (Å²) in [7, 11) is -3.34. The molecule has 0 fully saturated rings. The summed E-state index contributed by atoms with van der Waals surface area (Å²) >= 11 is 0. The van der Waals surface area contributed by atoms with Crippen LogP contribution in [0.1, 0.15) is 43.9 Å². The predicted octanol–water partition coefficient (Wildman–Crippen LogP) is 2.42. The molecule has 0 saturated heterocycles. The molecule has 1 aromatic carbocycles. The fraction of sp³-hybridized carbons (Fsp3) is 0.409. The summed E-state index contributed by atoms with van der Waals surface area (Å²) in [5, 5.41) is 31.4. The minimum atomic E-state index is -3.34. The van der Waals surface area contributed by atoms with Crippen molar-refractivity contribution in [2.45, 2.75) is 44.8 Å². The van der Waals surface area contributed by atoms with Crippen molar-refractivity contribution in [3.8, 4) is 11.3 Å². The maximum absolute atomic E-state index is 13.5. The molecule has 1 aromatic heterocycles. The van der Waals surface area contributed by atoms with Crippen LogP contribution in [-0.2, 0) is 14.6 Å². The smallest absolute Gasteiger partial charge is 0.305 e. The number of anilines is 1. The summed E-state index contributed by atoms with van der Waals surface area (Å²) in [4.78, 5) is 19.6. The number of rotatable bonds is 11. The Kier molecular flexibility index (Phi) is 9.03. The molecule has 4 N–H and O–H groups in total. The van der Waals surface area contributed by atoms with Crippen molar-refractivity contribution in [3.05, 3.63) is 47.4 Å². The molecule has 0 bridgehead atoms. The number of nitrogens with zero attached hydrogens (tertiary/aromatic N) is 2. The standard InChI is InChI=1S/C22H28FN3O6S/c1-13(2)20-18(9-8-16(27)10-17(28)11-19(29)30)21(14-4-6-15(23)7-5-14)26-22(25-20)24-12-33(3,31)32/h4-9,13,16-17,27-28H,10-12H2,1-3H3,(H,29,30)(H,24,25,26)/b9-8+/t16-,17-/m1/s1. The lowest BCUT2D eigenvalue weighted by Gasteiger charge is -2.17. The van der Waals surface area contributed by atoms with Crippen molar-refractivity contribution < 1.29 is 32.9 Å². The number of halogens is 1. The number of nitrogens with one attached hydrogen (secondary N) is 1. The van der Waals surface area contributed by atoms with E-state index in [4.69, 9.17) is 5.11 Å². The number of hydrogen-bond donors (Lipinski definition) is 4. The van der Waals surface area contributed by atoms with Crippen LogP contribution < -0.4 is 5.32 Å². The van der Waals surface area contributed by atoms with E-state index in [0.717, 1.165) is 6.26 Å². The molecule has 0 aliphatic carbocycles. The Balaban J connectivity index is 2.51. The Morgan fingerprint density at radius 1 is 1.18 bits per heavy atom. The first-order valence-corrected chi connectivity index (χ1v) is 12.3. The van der Waals surface area contributed by atoms with Gasteiger partial charge in [-0.2, -0.15) is 0 Å². The van der Waals surface area contributed by atoms with E-state index in [1.165, 1.54) is 30.3 Å². The molecule has 0 radical (unpaired) electrons. The minimum Gasteiger partial charge on any atom is -0.481 e. The van der Waals surface area contributed by atoms with Gasteiger partial charge in [0.05, 0.1) is 30.0 Å². The van der Waals surface area contributed by atoms with Crippen LogP contribution in [0.3, 0.4) is 0 Å². The number of benzene rings is 1. The molecule has 2 atom stereocenters. The second-order valence-corrected chi connectivity index (χ2v) is 10.2. The van der Waals surface area contributed by atoms with E-state index in [-0.39, 0.29) is 24.2 Å². The van der Waals surface area contributed by atoms with Gasteiger partial charge in [0, 0.05) is 23.8 Å². The Morgan fingerprint density at radius 3 is 2.36 bits per heavy atom. The highest BCUT2D eigenvalue weighted by atomic mass is 32.2. The van der Waals surface area contributed by atoms with E-state index in [1.54, 1.807) is 6.08 Å². The third-order valence-corrected chi connectivity index (χ3v) is 5.21. The lowest BCUT2D eigenvalue weighted by molar-refractivity contribution is -0.139. The zero-order valence-corrected chi connectivity index (χ0v) is 19.4. The Labute approximate surface area is 192 Å². The number of sulfone groups is 1. The van der Waals surface area contributed by atoms with Gasteiger partial charge in [-0.3, -0.25) is 4.79 Å². The molecule has 0 amide bonds. The summed E-state index contributed by atoms with van der Waals surface area (Å²) in [5.74, 6) is -2.03. The van der Waals surface area contributed by atoms with Gasteiger partial charge in [0.1, 0.15) is 11.7 Å². The van der Waals surface area contributed by atoms with Crippen LogP contribution in [0.15, 0.2) is 30.3 Å². The van der Waals surface area contributed by atoms with Gasteiger partial charge in [-0.1, -0.05) is 26.0 Å². The van der Waals surface area contributed by atoms with Crippen LogP contribution >= 0.6 is 0 Å². The van der Waals surface area contributed by atoms with Crippen molar-refractivity contribution in [2.75, 3.05) is 17.4 Å². The largest absolute Gasteiger partial charge is 0.481 e. The number of aliphatic hydroxyl groups excluding tert-OH is 2. The lowest BCUT2D eigenvalue weighted by atomic mass is 9.97. The van der Waals surface area contributed by atoms with Crippen LogP contribution in [0.4, 0.5) is 10.3 Å². The molecule has 9 nitrogen and oxygen atoms in total. The first-order chi connectivity index (χ1) is 15.4. The van der Waals surface area contributed by atoms with Crippen molar-refractivity contribution >= 4 is 27.8 Å². The summed E-state index contributed by atoms with van der Waals surface area (Å²) in [6, 6.07) is 5.57. The fourth-order valence-corrected chi connectivity index (χ4v) is 3.43. The summed E-state index contributed by atoms with van der Waals surface area (Å²) in [5.41, 5.74) is 2.01. The molecular weight excluding hydrogens is 453 g/mol. The molecule has 1 heterocycles. The molecule has 0 unspecified atom stereocenters. The first-order valence-electron chi connectivity index (χ1n) is 10.2. The van der Waals surface area contributed by atoms with Crippen molar-refractivity contribution in [1.29, 1.82) is 0 Å². The molecule has 2 rings (SSSR count). The van der Waals surface area contributed by atoms with E-state index in [9.17, 15) is 27.8 Å². The van der Waals surface area contributed by atoms with Crippen LogP contribution in [0, 0.1) is 5.82 Å². The quantitative estimate of drug-likeness (QED) is 0.379. The normalized spacial score (nSPS) is 13.9. The lowest BCUT2D eigenvalue weighted by Crippen LogP contribution is -2.19. The summed E-state index contributed by atoms with van der Waals surface area (Å²) in [6.07, 6.45) is 0.999. The molecule has 33 heavy (non-hydrogen) atoms. The van der Waals surface area contributed by atoms with Gasteiger partial charge in [-0.05, 0) is 30.2 Å². The Morgan fingerprint density at radius 2 is 1.82 bits per heavy atom. The molecule has 0 aliphatic heterocycles. The number of aliphatic carboxylic acids is 1. The molecule has 0 aliphatic rings. The van der Waals surface area contributed by atoms with Crippen LogP contribution in [-0.4, -0.2) is 64.0 Å². The van der Waals surface area contributed by atoms with E-state index in [2.05, 4.69) is 15.3 Å². The Bertz CT molecular complexity index is 1100. The summed E-state index contributed by atoms with van der Waals surface area (Å²) in [6.45, 7) is 3.75. The third kappa shape index (κ3) is 8.52. The number of aromatic nitrogens is 2. The van der Waals surface area contributed by atoms with Gasteiger partial charge in [-0.25, -0.2) is 22.8 Å². The van der Waals surface area contributed by atoms with Crippen molar-refractivity contribution in [2.24, 2.45) is 0 Å². The van der Waals surface area contributed by atoms with E-state index >= 15 is 0 Å². The van der Waals surface area contributed by atoms with Gasteiger partial charge in [0.25, 0.3) is 0 Å². The zero-order chi connectivity index (χ0) is 24.8. The van der Waals surface area contributed by atoms with Gasteiger partial charge in [0.2, 0.25) is 5.95 Å². The fourth-order valence-electron chi connectivity index (χ4n) is 3.04. The topological polar surface area (TPSA) is 150 Å². The molecule has 2 aromatic rings. The van der Waals surface area contributed by atoms with Crippen molar-refractivity contribution in [3.63, 3.8) is 0 Å². The average molecular weight is 482 g/mol. The van der Waals surface area contributed by atoms with Gasteiger partial charge in [0.15, 0.2) is 9.84 Å². The molecule has 0 spiro atoms. The molecule has 0 saturated carbocycles.